The average molecular weight is 371 g/mol. The van der Waals surface area contributed by atoms with Crippen molar-refractivity contribution in [2.45, 2.75) is 86.0 Å². The fourth-order valence-corrected chi connectivity index (χ4v) is 3.39. The number of hydrogen-bond acceptors (Lipinski definition) is 1. The van der Waals surface area contributed by atoms with Crippen molar-refractivity contribution in [2.75, 3.05) is 0 Å². The molecule has 1 N–H and O–H groups in total. The molecule has 0 aromatic carbocycles. The van der Waals surface area contributed by atoms with Crippen molar-refractivity contribution in [3.8, 4) is 0 Å². The molecule has 0 unspecified atom stereocenters. The Morgan fingerprint density at radius 2 is 1.63 bits per heavy atom. The Hall–Kier alpha value is -1.83. The van der Waals surface area contributed by atoms with Crippen molar-refractivity contribution in [1.29, 1.82) is 0 Å². The summed E-state index contributed by atoms with van der Waals surface area (Å²) < 4.78 is 0. The minimum atomic E-state index is -0.769. The molecular weight excluding hydrogens is 332 g/mol. The van der Waals surface area contributed by atoms with Gasteiger partial charge in [-0.25, -0.2) is 4.79 Å². The third-order valence-corrected chi connectivity index (χ3v) is 5.36. The molecule has 27 heavy (non-hydrogen) atoms. The highest BCUT2D eigenvalue weighted by molar-refractivity contribution is 5.86. The van der Waals surface area contributed by atoms with Crippen molar-refractivity contribution in [1.82, 2.24) is 0 Å². The molecule has 0 saturated carbocycles. The van der Waals surface area contributed by atoms with E-state index >= 15 is 0 Å². The molecule has 1 aliphatic carbocycles. The first kappa shape index (κ1) is 23.2. The Bertz CT molecular complexity index is 637. The summed E-state index contributed by atoms with van der Waals surface area (Å²) in [5.41, 5.74) is 6.08. The van der Waals surface area contributed by atoms with Gasteiger partial charge in [0, 0.05) is 5.57 Å². The van der Waals surface area contributed by atoms with Gasteiger partial charge in [-0.1, -0.05) is 52.7 Å². The minimum absolute atomic E-state index is 0.411. The molecule has 0 aliphatic heterocycles. The molecular formula is C25H38O2. The van der Waals surface area contributed by atoms with Crippen LogP contribution in [0.1, 0.15) is 86.0 Å². The molecule has 0 bridgehead atoms. The van der Waals surface area contributed by atoms with Crippen LogP contribution in [0.2, 0.25) is 0 Å². The largest absolute Gasteiger partial charge is 0.478 e. The maximum Gasteiger partial charge on any atom is 0.331 e. The molecule has 0 heterocycles. The van der Waals surface area contributed by atoms with E-state index in [-0.39, 0.29) is 0 Å². The highest BCUT2D eigenvalue weighted by Gasteiger charge is 2.13. The second kappa shape index (κ2) is 12.5. The lowest BCUT2D eigenvalue weighted by atomic mass is 9.88. The normalized spacial score (nSPS) is 20.7. The zero-order valence-corrected chi connectivity index (χ0v) is 18.0. The van der Waals surface area contributed by atoms with E-state index in [0.29, 0.717) is 17.9 Å². The zero-order valence-electron chi connectivity index (χ0n) is 18.0. The van der Waals surface area contributed by atoms with Gasteiger partial charge in [0.15, 0.2) is 0 Å². The van der Waals surface area contributed by atoms with Crippen LogP contribution in [-0.2, 0) is 4.79 Å². The van der Waals surface area contributed by atoms with Gasteiger partial charge in [0.25, 0.3) is 0 Å². The lowest BCUT2D eigenvalue weighted by molar-refractivity contribution is -0.132. The molecule has 0 amide bonds. The lowest BCUT2D eigenvalue weighted by Gasteiger charge is -2.18. The molecule has 2 heteroatoms. The number of allylic oxidation sites excluding steroid dienone is 9. The van der Waals surface area contributed by atoms with Crippen LogP contribution >= 0.6 is 0 Å². The second-order valence-electron chi connectivity index (χ2n) is 8.15. The zero-order chi connectivity index (χ0) is 20.2. The van der Waals surface area contributed by atoms with Crippen molar-refractivity contribution in [3.05, 3.63) is 58.2 Å². The smallest absolute Gasteiger partial charge is 0.331 e. The number of carboxylic acid groups (broad SMARTS) is 1. The van der Waals surface area contributed by atoms with Gasteiger partial charge in [-0.15, -0.1) is 0 Å². The van der Waals surface area contributed by atoms with Gasteiger partial charge in [-0.3, -0.25) is 0 Å². The van der Waals surface area contributed by atoms with Crippen LogP contribution in [-0.4, -0.2) is 11.1 Å². The summed E-state index contributed by atoms with van der Waals surface area (Å²) in [7, 11) is 0. The minimum Gasteiger partial charge on any atom is -0.478 e. The van der Waals surface area contributed by atoms with Gasteiger partial charge >= 0.3 is 5.97 Å². The van der Waals surface area contributed by atoms with Crippen LogP contribution in [0.25, 0.3) is 0 Å². The van der Waals surface area contributed by atoms with Crippen molar-refractivity contribution >= 4 is 5.97 Å². The summed E-state index contributed by atoms with van der Waals surface area (Å²) in [5, 5.41) is 9.56. The Labute approximate surface area is 166 Å². The van der Waals surface area contributed by atoms with Crippen LogP contribution in [0.4, 0.5) is 0 Å². The number of aliphatic carboxylic acids is 1. The molecule has 0 radical (unpaired) electrons. The quantitative estimate of drug-likeness (QED) is 0.519. The maximum absolute atomic E-state index is 11.6. The van der Waals surface area contributed by atoms with Crippen molar-refractivity contribution in [2.24, 2.45) is 5.92 Å². The topological polar surface area (TPSA) is 37.3 Å². The van der Waals surface area contributed by atoms with Gasteiger partial charge < -0.3 is 5.11 Å². The molecule has 0 spiro atoms. The van der Waals surface area contributed by atoms with E-state index in [9.17, 15) is 9.90 Å². The number of carbonyl (C=O) groups is 1. The monoisotopic (exact) mass is 370 g/mol. The molecule has 2 nitrogen and oxygen atoms in total. The van der Waals surface area contributed by atoms with Gasteiger partial charge in [-0.05, 0) is 91.9 Å². The maximum atomic E-state index is 11.6. The van der Waals surface area contributed by atoms with E-state index in [1.165, 1.54) is 22.3 Å². The van der Waals surface area contributed by atoms with E-state index in [4.69, 9.17) is 0 Å². The van der Waals surface area contributed by atoms with E-state index in [2.05, 4.69) is 58.9 Å². The summed E-state index contributed by atoms with van der Waals surface area (Å²) in [6.45, 7) is 10.8. The van der Waals surface area contributed by atoms with Crippen LogP contribution in [0.15, 0.2) is 58.2 Å². The fourth-order valence-electron chi connectivity index (χ4n) is 3.39. The van der Waals surface area contributed by atoms with E-state index < -0.39 is 5.97 Å². The Morgan fingerprint density at radius 1 is 1.00 bits per heavy atom. The molecule has 150 valence electrons. The summed E-state index contributed by atoms with van der Waals surface area (Å²) in [6.07, 6.45) is 18.6. The summed E-state index contributed by atoms with van der Waals surface area (Å²) in [5.74, 6) is -0.359. The first-order valence-electron chi connectivity index (χ1n) is 10.3. The summed E-state index contributed by atoms with van der Waals surface area (Å²) in [4.78, 5) is 11.6. The summed E-state index contributed by atoms with van der Waals surface area (Å²) in [6, 6.07) is 0. The van der Waals surface area contributed by atoms with Gasteiger partial charge in [0.2, 0.25) is 0 Å². The van der Waals surface area contributed by atoms with Crippen LogP contribution in [0.5, 0.6) is 0 Å². The highest BCUT2D eigenvalue weighted by Crippen LogP contribution is 2.26. The molecule has 1 rings (SSSR count). The average Bonchev–Trinajstić information content (AvgIpc) is 2.58. The predicted octanol–water partition coefficient (Wildman–Crippen LogP) is 7.55. The Morgan fingerprint density at radius 3 is 2.26 bits per heavy atom. The number of rotatable bonds is 4. The van der Waals surface area contributed by atoms with E-state index in [1.807, 2.05) is 6.08 Å². The van der Waals surface area contributed by atoms with Crippen LogP contribution in [0, 0.1) is 5.92 Å². The molecule has 1 aliphatic rings. The third-order valence-electron chi connectivity index (χ3n) is 5.36. The van der Waals surface area contributed by atoms with Gasteiger partial charge in [0.1, 0.15) is 0 Å². The molecule has 0 aromatic rings. The number of hydrogen-bond donors (Lipinski definition) is 1. The van der Waals surface area contributed by atoms with Crippen LogP contribution < -0.4 is 0 Å². The SMILES string of the molecule is CC(C)=CCC=C(C)[C@H]1CC=C(C(=O)O)CCC=C(C)CCC=C(C)CC1. The fraction of sp³-hybridized carbons (Fsp3) is 0.560. The molecule has 0 aromatic heterocycles. The van der Waals surface area contributed by atoms with E-state index in [1.54, 1.807) is 0 Å². The lowest BCUT2D eigenvalue weighted by Crippen LogP contribution is -2.06. The summed E-state index contributed by atoms with van der Waals surface area (Å²) >= 11 is 0. The predicted molar refractivity (Wildman–Crippen MR) is 117 cm³/mol. The first-order valence-corrected chi connectivity index (χ1v) is 10.3. The third kappa shape index (κ3) is 10.2. The Kier molecular flexibility index (Phi) is 10.8. The van der Waals surface area contributed by atoms with Crippen LogP contribution in [0.3, 0.4) is 0 Å². The Balaban J connectivity index is 3.02. The molecule has 0 saturated heterocycles. The molecule has 0 fully saturated rings. The molecule has 1 atom stereocenters. The van der Waals surface area contributed by atoms with Gasteiger partial charge in [0.05, 0.1) is 0 Å². The van der Waals surface area contributed by atoms with Crippen molar-refractivity contribution < 1.29 is 9.90 Å². The first-order chi connectivity index (χ1) is 12.8. The standard InChI is InChI=1S/C25H38O2/c1-19(2)9-6-13-22(5)23-16-15-21(4)11-7-10-20(3)12-8-14-24(18-17-23)25(26)27/h9,11-13,18,23H,6-8,10,14-17H2,1-5H3,(H,26,27)/t23-/m1/s1. The van der Waals surface area contributed by atoms with E-state index in [0.717, 1.165) is 44.9 Å². The van der Waals surface area contributed by atoms with Gasteiger partial charge in [-0.2, -0.15) is 0 Å². The number of carboxylic acids is 1. The second-order valence-corrected chi connectivity index (χ2v) is 8.15. The van der Waals surface area contributed by atoms with Crippen molar-refractivity contribution in [3.63, 3.8) is 0 Å². The highest BCUT2D eigenvalue weighted by atomic mass is 16.4.